The Morgan fingerprint density at radius 2 is 2.36 bits per heavy atom. The van der Waals surface area contributed by atoms with Crippen molar-refractivity contribution in [3.63, 3.8) is 0 Å². The van der Waals surface area contributed by atoms with E-state index in [2.05, 4.69) is 0 Å². The predicted molar refractivity (Wildman–Crippen MR) is 42.5 cm³/mol. The maximum absolute atomic E-state index is 11.4. The summed E-state index contributed by atoms with van der Waals surface area (Å²) in [6, 6.07) is 1.89. The molecule has 1 aliphatic rings. The third kappa shape index (κ3) is 1.20. The van der Waals surface area contributed by atoms with E-state index in [1.165, 1.54) is 0 Å². The van der Waals surface area contributed by atoms with Crippen LogP contribution in [0.4, 0.5) is 0 Å². The lowest BCUT2D eigenvalue weighted by Gasteiger charge is -1.90. The molecule has 58 valence electrons. The van der Waals surface area contributed by atoms with Crippen LogP contribution < -0.4 is 0 Å². The molecule has 2 heteroatoms. The summed E-state index contributed by atoms with van der Waals surface area (Å²) >= 11 is 0. The maximum atomic E-state index is 11.4. The van der Waals surface area contributed by atoms with Gasteiger partial charge in [0.05, 0.1) is 0 Å². The van der Waals surface area contributed by atoms with Crippen molar-refractivity contribution in [2.24, 2.45) is 13.0 Å². The van der Waals surface area contributed by atoms with E-state index in [-0.39, 0.29) is 0 Å². The van der Waals surface area contributed by atoms with Crippen molar-refractivity contribution in [3.8, 4) is 0 Å². The van der Waals surface area contributed by atoms with Gasteiger partial charge < -0.3 is 4.57 Å². The van der Waals surface area contributed by atoms with Gasteiger partial charge in [0, 0.05) is 30.9 Å². The molecule has 0 spiro atoms. The lowest BCUT2D eigenvalue weighted by atomic mass is 10.1. The third-order valence-corrected chi connectivity index (χ3v) is 2.06. The highest BCUT2D eigenvalue weighted by Crippen LogP contribution is 2.32. The van der Waals surface area contributed by atoms with Crippen molar-refractivity contribution in [1.82, 2.24) is 4.57 Å². The average Bonchev–Trinajstić information content (AvgIpc) is 2.74. The molecule has 1 aliphatic carbocycles. The molecule has 1 saturated carbocycles. The fraction of sp³-hybridized carbons (Fsp3) is 0.444. The molecule has 0 N–H and O–H groups in total. The smallest absolute Gasteiger partial charge is 0.167 e. The summed E-state index contributed by atoms with van der Waals surface area (Å²) in [5, 5.41) is 0. The second-order valence-electron chi connectivity index (χ2n) is 3.20. The Labute approximate surface area is 65.8 Å². The van der Waals surface area contributed by atoms with Gasteiger partial charge in [-0.25, -0.2) is 0 Å². The molecule has 1 heterocycles. The first kappa shape index (κ1) is 6.65. The van der Waals surface area contributed by atoms with E-state index in [0.717, 1.165) is 18.4 Å². The van der Waals surface area contributed by atoms with Crippen LogP contribution in [0.1, 0.15) is 23.2 Å². The van der Waals surface area contributed by atoms with E-state index < -0.39 is 0 Å². The minimum absolute atomic E-state index is 0.325. The third-order valence-electron chi connectivity index (χ3n) is 2.06. The van der Waals surface area contributed by atoms with Crippen LogP contribution in [0.15, 0.2) is 18.5 Å². The van der Waals surface area contributed by atoms with Gasteiger partial charge in [-0.1, -0.05) is 0 Å². The first-order valence-corrected chi connectivity index (χ1v) is 3.93. The fourth-order valence-corrected chi connectivity index (χ4v) is 1.23. The molecule has 0 amide bonds. The standard InChI is InChI=1S/C9H11NO/c1-10-5-4-8(6-10)9(11)7-2-3-7/h4-7H,2-3H2,1H3. The Hall–Kier alpha value is -1.05. The molecule has 0 atom stereocenters. The van der Waals surface area contributed by atoms with Crippen LogP contribution in [-0.2, 0) is 7.05 Å². The van der Waals surface area contributed by atoms with Gasteiger partial charge in [0.1, 0.15) is 0 Å². The minimum Gasteiger partial charge on any atom is -0.357 e. The van der Waals surface area contributed by atoms with Crippen LogP contribution in [0.5, 0.6) is 0 Å². The summed E-state index contributed by atoms with van der Waals surface area (Å²) < 4.78 is 1.91. The molecular weight excluding hydrogens is 138 g/mol. The molecule has 11 heavy (non-hydrogen) atoms. The zero-order chi connectivity index (χ0) is 7.84. The number of Topliss-reactive ketones (excluding diaryl/α,β-unsaturated/α-hetero) is 1. The normalized spacial score (nSPS) is 16.8. The Bertz CT molecular complexity index is 284. The molecule has 0 aromatic carbocycles. The van der Waals surface area contributed by atoms with Crippen LogP contribution in [0.25, 0.3) is 0 Å². The molecule has 0 saturated heterocycles. The highest BCUT2D eigenvalue weighted by Gasteiger charge is 2.30. The van der Waals surface area contributed by atoms with Crippen molar-refractivity contribution in [2.45, 2.75) is 12.8 Å². The molecule has 1 fully saturated rings. The number of carbonyl (C=O) groups is 1. The number of nitrogens with zero attached hydrogens (tertiary/aromatic N) is 1. The SMILES string of the molecule is Cn1ccc(C(=O)C2CC2)c1. The average molecular weight is 149 g/mol. The van der Waals surface area contributed by atoms with Crippen molar-refractivity contribution in [3.05, 3.63) is 24.0 Å². The van der Waals surface area contributed by atoms with Crippen LogP contribution >= 0.6 is 0 Å². The summed E-state index contributed by atoms with van der Waals surface area (Å²) in [5.41, 5.74) is 0.870. The maximum Gasteiger partial charge on any atom is 0.167 e. The van der Waals surface area contributed by atoms with E-state index in [9.17, 15) is 4.79 Å². The lowest BCUT2D eigenvalue weighted by Crippen LogP contribution is -1.98. The van der Waals surface area contributed by atoms with Crippen molar-refractivity contribution < 1.29 is 4.79 Å². The van der Waals surface area contributed by atoms with Gasteiger partial charge in [0.15, 0.2) is 5.78 Å². The van der Waals surface area contributed by atoms with Crippen LogP contribution in [-0.4, -0.2) is 10.4 Å². The Balaban J connectivity index is 2.21. The van der Waals surface area contributed by atoms with Crippen LogP contribution in [0.2, 0.25) is 0 Å². The monoisotopic (exact) mass is 149 g/mol. The van der Waals surface area contributed by atoms with E-state index in [1.807, 2.05) is 30.1 Å². The topological polar surface area (TPSA) is 22.0 Å². The second-order valence-corrected chi connectivity index (χ2v) is 3.20. The summed E-state index contributed by atoms with van der Waals surface area (Å²) in [7, 11) is 1.93. The molecule has 2 rings (SSSR count). The summed E-state index contributed by atoms with van der Waals surface area (Å²) in [4.78, 5) is 11.4. The first-order chi connectivity index (χ1) is 5.27. The summed E-state index contributed by atoms with van der Waals surface area (Å²) in [6.07, 6.45) is 5.98. The van der Waals surface area contributed by atoms with Crippen molar-refractivity contribution >= 4 is 5.78 Å². The molecule has 0 bridgehead atoms. The predicted octanol–water partition coefficient (Wildman–Crippen LogP) is 1.62. The number of aryl methyl sites for hydroxylation is 1. The van der Waals surface area contributed by atoms with E-state index in [1.54, 1.807) is 0 Å². The number of hydrogen-bond donors (Lipinski definition) is 0. The molecule has 0 unspecified atom stereocenters. The van der Waals surface area contributed by atoms with Crippen molar-refractivity contribution in [1.29, 1.82) is 0 Å². The fourth-order valence-electron chi connectivity index (χ4n) is 1.23. The van der Waals surface area contributed by atoms with Gasteiger partial charge in [-0.3, -0.25) is 4.79 Å². The quantitative estimate of drug-likeness (QED) is 0.585. The highest BCUT2D eigenvalue weighted by molar-refractivity contribution is 5.99. The van der Waals surface area contributed by atoms with Gasteiger partial charge in [0.2, 0.25) is 0 Å². The van der Waals surface area contributed by atoms with Gasteiger partial charge in [-0.15, -0.1) is 0 Å². The Morgan fingerprint density at radius 1 is 1.64 bits per heavy atom. The highest BCUT2D eigenvalue weighted by atomic mass is 16.1. The lowest BCUT2D eigenvalue weighted by molar-refractivity contribution is 0.0967. The number of ketones is 1. The summed E-state index contributed by atoms with van der Waals surface area (Å²) in [6.45, 7) is 0. The number of hydrogen-bond acceptors (Lipinski definition) is 1. The second kappa shape index (κ2) is 2.22. The number of aromatic nitrogens is 1. The molecule has 1 aromatic rings. The van der Waals surface area contributed by atoms with Gasteiger partial charge in [-0.2, -0.15) is 0 Å². The summed E-state index contributed by atoms with van der Waals surface area (Å²) in [5.74, 6) is 0.669. The molecule has 1 aromatic heterocycles. The largest absolute Gasteiger partial charge is 0.357 e. The van der Waals surface area contributed by atoms with E-state index >= 15 is 0 Å². The minimum atomic E-state index is 0.325. The van der Waals surface area contributed by atoms with Gasteiger partial charge in [0.25, 0.3) is 0 Å². The number of carbonyl (C=O) groups excluding carboxylic acids is 1. The Kier molecular flexibility index (Phi) is 1.34. The van der Waals surface area contributed by atoms with Crippen LogP contribution in [0, 0.1) is 5.92 Å². The van der Waals surface area contributed by atoms with Gasteiger partial charge in [-0.05, 0) is 18.9 Å². The van der Waals surface area contributed by atoms with Gasteiger partial charge >= 0.3 is 0 Å². The molecule has 0 radical (unpaired) electrons. The van der Waals surface area contributed by atoms with Crippen molar-refractivity contribution in [2.75, 3.05) is 0 Å². The zero-order valence-corrected chi connectivity index (χ0v) is 6.58. The van der Waals surface area contributed by atoms with E-state index in [0.29, 0.717) is 11.7 Å². The van der Waals surface area contributed by atoms with E-state index in [4.69, 9.17) is 0 Å². The van der Waals surface area contributed by atoms with Crippen LogP contribution in [0.3, 0.4) is 0 Å². The molecule has 0 aliphatic heterocycles. The molecule has 2 nitrogen and oxygen atoms in total. The Morgan fingerprint density at radius 3 is 2.82 bits per heavy atom. The molecular formula is C9H11NO. The zero-order valence-electron chi connectivity index (χ0n) is 6.58. The number of rotatable bonds is 2. The first-order valence-electron chi connectivity index (χ1n) is 3.93.